The van der Waals surface area contributed by atoms with E-state index in [2.05, 4.69) is 31.1 Å². The molecule has 0 saturated heterocycles. The SMILES string of the molecule is CC(C)n1nnc2c1C(F)(F)CCCC(C(C)(C)C)C2. The van der Waals surface area contributed by atoms with Crippen molar-refractivity contribution in [3.63, 3.8) is 0 Å². The molecule has 0 N–H and O–H groups in total. The number of nitrogens with zero attached hydrogens (tertiary/aromatic N) is 3. The first-order chi connectivity index (χ1) is 9.13. The lowest BCUT2D eigenvalue weighted by atomic mass is 9.74. The van der Waals surface area contributed by atoms with Gasteiger partial charge in [0.05, 0.1) is 5.69 Å². The minimum atomic E-state index is -2.81. The predicted octanol–water partition coefficient (Wildman–Crippen LogP) is 4.34. The van der Waals surface area contributed by atoms with Gasteiger partial charge in [-0.2, -0.15) is 8.78 Å². The van der Waals surface area contributed by atoms with E-state index in [1.54, 1.807) is 0 Å². The molecule has 0 spiro atoms. The number of fused-ring (bicyclic) bond motifs is 1. The molecule has 0 amide bonds. The molecule has 1 heterocycles. The highest BCUT2D eigenvalue weighted by Gasteiger charge is 2.42. The summed E-state index contributed by atoms with van der Waals surface area (Å²) in [5.41, 5.74) is 0.635. The summed E-state index contributed by atoms with van der Waals surface area (Å²) < 4.78 is 30.2. The zero-order valence-corrected chi connectivity index (χ0v) is 13.1. The second-order valence-electron chi connectivity index (χ2n) is 7.29. The zero-order chi connectivity index (χ0) is 15.1. The Labute approximate surface area is 119 Å². The third kappa shape index (κ3) is 2.86. The van der Waals surface area contributed by atoms with E-state index >= 15 is 0 Å². The van der Waals surface area contributed by atoms with E-state index < -0.39 is 5.92 Å². The molecule has 1 aliphatic rings. The van der Waals surface area contributed by atoms with Crippen molar-refractivity contribution in [3.8, 4) is 0 Å². The van der Waals surface area contributed by atoms with E-state index in [-0.39, 0.29) is 23.6 Å². The second kappa shape index (κ2) is 5.08. The third-order valence-electron chi connectivity index (χ3n) is 4.31. The van der Waals surface area contributed by atoms with Crippen molar-refractivity contribution in [1.82, 2.24) is 15.0 Å². The Hall–Kier alpha value is -1.00. The number of aromatic nitrogens is 3. The van der Waals surface area contributed by atoms with Gasteiger partial charge in [0.2, 0.25) is 0 Å². The smallest absolute Gasteiger partial charge is 0.240 e. The monoisotopic (exact) mass is 285 g/mol. The fourth-order valence-corrected chi connectivity index (χ4v) is 2.97. The summed E-state index contributed by atoms with van der Waals surface area (Å²) >= 11 is 0. The Morgan fingerprint density at radius 2 is 1.95 bits per heavy atom. The summed E-state index contributed by atoms with van der Waals surface area (Å²) in [4.78, 5) is 0. The maximum atomic E-state index is 14.4. The standard InChI is InChI=1S/C15H25F2N3/c1-10(2)20-13-12(18-19-20)9-11(14(3,4)5)7-6-8-15(13,16)17/h10-11H,6-9H2,1-5H3. The predicted molar refractivity (Wildman–Crippen MR) is 74.8 cm³/mol. The molecule has 1 aliphatic carbocycles. The topological polar surface area (TPSA) is 30.7 Å². The summed E-state index contributed by atoms with van der Waals surface area (Å²) in [6.07, 6.45) is 1.87. The van der Waals surface area contributed by atoms with Crippen molar-refractivity contribution in [2.75, 3.05) is 0 Å². The van der Waals surface area contributed by atoms with Crippen molar-refractivity contribution >= 4 is 0 Å². The summed E-state index contributed by atoms with van der Waals surface area (Å²) in [6.45, 7) is 10.2. The van der Waals surface area contributed by atoms with Crippen LogP contribution in [0.4, 0.5) is 8.78 Å². The van der Waals surface area contributed by atoms with Crippen LogP contribution in [0.15, 0.2) is 0 Å². The molecule has 1 unspecified atom stereocenters. The minimum absolute atomic E-state index is 0.0430. The Bertz CT molecular complexity index is 472. The lowest BCUT2D eigenvalue weighted by molar-refractivity contribution is -0.0314. The average molecular weight is 285 g/mol. The quantitative estimate of drug-likeness (QED) is 0.768. The molecular formula is C15H25F2N3. The van der Waals surface area contributed by atoms with Gasteiger partial charge in [-0.15, -0.1) is 5.10 Å². The van der Waals surface area contributed by atoms with E-state index in [1.807, 2.05) is 13.8 Å². The first-order valence-electron chi connectivity index (χ1n) is 7.45. The molecular weight excluding hydrogens is 260 g/mol. The highest BCUT2D eigenvalue weighted by Crippen LogP contribution is 2.42. The van der Waals surface area contributed by atoms with Gasteiger partial charge >= 0.3 is 0 Å². The molecule has 0 radical (unpaired) electrons. The van der Waals surface area contributed by atoms with Gasteiger partial charge in [-0.25, -0.2) is 4.68 Å². The van der Waals surface area contributed by atoms with E-state index in [1.165, 1.54) is 4.68 Å². The lowest BCUT2D eigenvalue weighted by Gasteiger charge is -2.33. The first kappa shape index (κ1) is 15.4. The van der Waals surface area contributed by atoms with Crippen LogP contribution < -0.4 is 0 Å². The van der Waals surface area contributed by atoms with Crippen molar-refractivity contribution in [1.29, 1.82) is 0 Å². The van der Waals surface area contributed by atoms with Crippen molar-refractivity contribution in [2.24, 2.45) is 11.3 Å². The van der Waals surface area contributed by atoms with Crippen LogP contribution >= 0.6 is 0 Å². The molecule has 1 atom stereocenters. The molecule has 5 heteroatoms. The Morgan fingerprint density at radius 3 is 2.50 bits per heavy atom. The van der Waals surface area contributed by atoms with E-state index in [0.717, 1.165) is 6.42 Å². The van der Waals surface area contributed by atoms with Crippen LogP contribution in [-0.4, -0.2) is 15.0 Å². The Balaban J connectivity index is 2.46. The van der Waals surface area contributed by atoms with Crippen molar-refractivity contribution in [2.45, 2.75) is 72.3 Å². The van der Waals surface area contributed by atoms with Gasteiger partial charge in [0.15, 0.2) is 0 Å². The van der Waals surface area contributed by atoms with Crippen LogP contribution in [0.3, 0.4) is 0 Å². The second-order valence-corrected chi connectivity index (χ2v) is 7.29. The molecule has 1 aromatic rings. The maximum absolute atomic E-state index is 14.4. The normalized spacial score (nSPS) is 23.3. The van der Waals surface area contributed by atoms with Gasteiger partial charge in [0, 0.05) is 12.5 Å². The summed E-state index contributed by atoms with van der Waals surface area (Å²) in [5.74, 6) is -2.44. The van der Waals surface area contributed by atoms with Crippen LogP contribution in [0.1, 0.15) is 71.3 Å². The summed E-state index contributed by atoms with van der Waals surface area (Å²) in [7, 11) is 0. The highest BCUT2D eigenvalue weighted by molar-refractivity contribution is 5.19. The van der Waals surface area contributed by atoms with Crippen LogP contribution in [0.5, 0.6) is 0 Å². The van der Waals surface area contributed by atoms with Crippen LogP contribution in [-0.2, 0) is 12.3 Å². The number of halogens is 2. The third-order valence-corrected chi connectivity index (χ3v) is 4.31. The molecule has 0 saturated carbocycles. The van der Waals surface area contributed by atoms with E-state index in [4.69, 9.17) is 0 Å². The summed E-state index contributed by atoms with van der Waals surface area (Å²) in [5, 5.41) is 8.05. The fraction of sp³-hybridized carbons (Fsp3) is 0.867. The summed E-state index contributed by atoms with van der Waals surface area (Å²) in [6, 6.07) is -0.0929. The Morgan fingerprint density at radius 1 is 1.30 bits per heavy atom. The number of alkyl halides is 2. The van der Waals surface area contributed by atoms with E-state index in [0.29, 0.717) is 24.5 Å². The number of hydrogen-bond acceptors (Lipinski definition) is 2. The molecule has 1 aromatic heterocycles. The number of rotatable bonds is 1. The molecule has 2 rings (SSSR count). The van der Waals surface area contributed by atoms with Crippen molar-refractivity contribution in [3.05, 3.63) is 11.4 Å². The van der Waals surface area contributed by atoms with E-state index in [9.17, 15) is 8.78 Å². The lowest BCUT2D eigenvalue weighted by Crippen LogP contribution is -2.29. The molecule has 114 valence electrons. The number of hydrogen-bond donors (Lipinski definition) is 0. The van der Waals surface area contributed by atoms with Crippen LogP contribution in [0.25, 0.3) is 0 Å². The molecule has 20 heavy (non-hydrogen) atoms. The highest BCUT2D eigenvalue weighted by atomic mass is 19.3. The Kier molecular flexibility index (Phi) is 3.91. The molecule has 0 aliphatic heterocycles. The first-order valence-corrected chi connectivity index (χ1v) is 7.45. The van der Waals surface area contributed by atoms with Gasteiger partial charge in [0.1, 0.15) is 5.69 Å². The van der Waals surface area contributed by atoms with Gasteiger partial charge in [0.25, 0.3) is 5.92 Å². The molecule has 0 fully saturated rings. The van der Waals surface area contributed by atoms with Gasteiger partial charge < -0.3 is 0 Å². The fourth-order valence-electron chi connectivity index (χ4n) is 2.97. The van der Waals surface area contributed by atoms with Gasteiger partial charge in [-0.3, -0.25) is 0 Å². The molecule has 0 bridgehead atoms. The molecule has 0 aromatic carbocycles. The average Bonchev–Trinajstić information content (AvgIpc) is 2.68. The van der Waals surface area contributed by atoms with Crippen molar-refractivity contribution < 1.29 is 8.78 Å². The minimum Gasteiger partial charge on any atom is -0.240 e. The maximum Gasteiger partial charge on any atom is 0.291 e. The molecule has 3 nitrogen and oxygen atoms in total. The van der Waals surface area contributed by atoms with Gasteiger partial charge in [-0.1, -0.05) is 26.0 Å². The zero-order valence-electron chi connectivity index (χ0n) is 13.1. The van der Waals surface area contributed by atoms with Crippen LogP contribution in [0, 0.1) is 11.3 Å². The largest absolute Gasteiger partial charge is 0.291 e. The van der Waals surface area contributed by atoms with Gasteiger partial charge in [-0.05, 0) is 44.4 Å². The van der Waals surface area contributed by atoms with Crippen LogP contribution in [0.2, 0.25) is 0 Å².